The lowest BCUT2D eigenvalue weighted by Crippen LogP contribution is -1.97. The zero-order chi connectivity index (χ0) is 19.5. The van der Waals surface area contributed by atoms with Crippen LogP contribution in [0.2, 0.25) is 5.02 Å². The Kier molecular flexibility index (Phi) is 3.60. The summed E-state index contributed by atoms with van der Waals surface area (Å²) >= 11 is 6.32. The Hall–Kier alpha value is -3.10. The summed E-state index contributed by atoms with van der Waals surface area (Å²) in [6.07, 6.45) is 2.20. The van der Waals surface area contributed by atoms with Crippen molar-refractivity contribution >= 4 is 55.6 Å². The number of pyridine rings is 1. The predicted octanol–water partition coefficient (Wildman–Crippen LogP) is 7.35. The number of aromatic nitrogens is 1. The number of nitrogens with one attached hydrogen (secondary N) is 1. The monoisotopic (exact) mass is 394 g/mol. The van der Waals surface area contributed by atoms with Crippen molar-refractivity contribution in [1.29, 1.82) is 0 Å². The number of nitrogens with zero attached hydrogens (tertiary/aromatic N) is 1. The van der Waals surface area contributed by atoms with E-state index < -0.39 is 0 Å². The number of rotatable bonds is 2. The third-order valence-electron chi connectivity index (χ3n) is 6.02. The standard InChI is InChI=1S/C26H19ClN2/c1-15-5-10-19(11-6-15)28-25-20-12-9-18(27)14-23(20)29-26-21-4-2-3-16-7-8-17(24(16)21)13-22(25)26/h2-6,9-14H,7-8H2,1H3,(H,28,29). The molecule has 0 atom stereocenters. The third kappa shape index (κ3) is 2.60. The van der Waals surface area contributed by atoms with Crippen molar-refractivity contribution in [2.45, 2.75) is 19.8 Å². The molecule has 1 aliphatic carbocycles. The van der Waals surface area contributed by atoms with Crippen LogP contribution in [0.4, 0.5) is 11.4 Å². The van der Waals surface area contributed by atoms with Crippen LogP contribution in [-0.4, -0.2) is 4.98 Å². The van der Waals surface area contributed by atoms with E-state index in [1.54, 1.807) is 0 Å². The van der Waals surface area contributed by atoms with Crippen molar-refractivity contribution in [3.8, 4) is 0 Å². The lowest BCUT2D eigenvalue weighted by atomic mass is 9.98. The molecule has 1 aliphatic rings. The molecule has 0 aliphatic heterocycles. The maximum atomic E-state index is 6.32. The number of hydrogen-bond acceptors (Lipinski definition) is 2. The summed E-state index contributed by atoms with van der Waals surface area (Å²) in [7, 11) is 0. The van der Waals surface area contributed by atoms with E-state index in [1.807, 2.05) is 12.1 Å². The number of benzene rings is 4. The molecule has 1 aromatic heterocycles. The van der Waals surface area contributed by atoms with Gasteiger partial charge in [-0.15, -0.1) is 0 Å². The molecule has 4 aromatic carbocycles. The van der Waals surface area contributed by atoms with E-state index in [0.29, 0.717) is 5.02 Å². The first-order valence-electron chi connectivity index (χ1n) is 9.97. The van der Waals surface area contributed by atoms with Crippen LogP contribution in [0.5, 0.6) is 0 Å². The van der Waals surface area contributed by atoms with Crippen LogP contribution < -0.4 is 5.32 Å². The molecule has 2 nitrogen and oxygen atoms in total. The van der Waals surface area contributed by atoms with E-state index in [4.69, 9.17) is 16.6 Å². The summed E-state index contributed by atoms with van der Waals surface area (Å²) < 4.78 is 0. The Balaban J connectivity index is 1.73. The molecule has 0 unspecified atom stereocenters. The zero-order valence-corrected chi connectivity index (χ0v) is 16.8. The van der Waals surface area contributed by atoms with Gasteiger partial charge in [-0.25, -0.2) is 4.98 Å². The van der Waals surface area contributed by atoms with Gasteiger partial charge in [-0.3, -0.25) is 0 Å². The van der Waals surface area contributed by atoms with Gasteiger partial charge in [0.25, 0.3) is 0 Å². The van der Waals surface area contributed by atoms with E-state index in [2.05, 4.69) is 66.8 Å². The fourth-order valence-corrected chi connectivity index (χ4v) is 4.78. The summed E-state index contributed by atoms with van der Waals surface area (Å²) in [5.74, 6) is 0. The van der Waals surface area contributed by atoms with Gasteiger partial charge >= 0.3 is 0 Å². The van der Waals surface area contributed by atoms with E-state index in [9.17, 15) is 0 Å². The Labute approximate surface area is 174 Å². The normalized spacial score (nSPS) is 12.9. The molecule has 6 rings (SSSR count). The first-order valence-corrected chi connectivity index (χ1v) is 10.4. The van der Waals surface area contributed by atoms with E-state index in [0.717, 1.165) is 40.6 Å². The number of hydrogen-bond donors (Lipinski definition) is 1. The van der Waals surface area contributed by atoms with E-state index in [-0.39, 0.29) is 0 Å². The van der Waals surface area contributed by atoms with Gasteiger partial charge in [0.15, 0.2) is 0 Å². The quantitative estimate of drug-likeness (QED) is 0.250. The molecule has 0 saturated heterocycles. The second kappa shape index (κ2) is 6.20. The van der Waals surface area contributed by atoms with Gasteiger partial charge in [0, 0.05) is 26.9 Å². The smallest absolute Gasteiger partial charge is 0.0809 e. The number of aryl methyl sites for hydroxylation is 3. The third-order valence-corrected chi connectivity index (χ3v) is 6.25. The van der Waals surface area contributed by atoms with Crippen molar-refractivity contribution < 1.29 is 0 Å². The van der Waals surface area contributed by atoms with Crippen molar-refractivity contribution in [1.82, 2.24) is 4.98 Å². The molecule has 0 fully saturated rings. The maximum absolute atomic E-state index is 6.32. The largest absolute Gasteiger partial charge is 0.354 e. The maximum Gasteiger partial charge on any atom is 0.0809 e. The molecule has 0 spiro atoms. The summed E-state index contributed by atoms with van der Waals surface area (Å²) in [5, 5.41) is 9.27. The molecule has 29 heavy (non-hydrogen) atoms. The Morgan fingerprint density at radius 2 is 1.66 bits per heavy atom. The zero-order valence-electron chi connectivity index (χ0n) is 16.1. The summed E-state index contributed by atoms with van der Waals surface area (Å²) in [5.41, 5.74) is 8.23. The molecule has 1 N–H and O–H groups in total. The van der Waals surface area contributed by atoms with Crippen LogP contribution in [0.3, 0.4) is 0 Å². The lowest BCUT2D eigenvalue weighted by Gasteiger charge is -2.16. The van der Waals surface area contributed by atoms with Gasteiger partial charge < -0.3 is 5.32 Å². The second-order valence-corrected chi connectivity index (χ2v) is 8.35. The van der Waals surface area contributed by atoms with Gasteiger partial charge in [0.1, 0.15) is 0 Å². The summed E-state index contributed by atoms with van der Waals surface area (Å²) in [6, 6.07) is 23.4. The Bertz CT molecular complexity index is 1440. The van der Waals surface area contributed by atoms with Crippen LogP contribution in [-0.2, 0) is 12.8 Å². The average molecular weight is 395 g/mol. The number of anilines is 2. The summed E-state index contributed by atoms with van der Waals surface area (Å²) in [4.78, 5) is 5.07. The first kappa shape index (κ1) is 16.8. The van der Waals surface area contributed by atoms with Gasteiger partial charge in [0.05, 0.1) is 16.7 Å². The lowest BCUT2D eigenvalue weighted by molar-refractivity contribution is 1.03. The van der Waals surface area contributed by atoms with Crippen molar-refractivity contribution in [2.24, 2.45) is 0 Å². The fourth-order valence-electron chi connectivity index (χ4n) is 4.61. The number of fused-ring (bicyclic) bond motifs is 3. The molecule has 0 saturated carbocycles. The van der Waals surface area contributed by atoms with Crippen molar-refractivity contribution in [3.05, 3.63) is 88.4 Å². The van der Waals surface area contributed by atoms with Crippen molar-refractivity contribution in [3.63, 3.8) is 0 Å². The molecule has 0 amide bonds. The molecular formula is C26H19ClN2. The minimum absolute atomic E-state index is 0.705. The average Bonchev–Trinajstić information content (AvgIpc) is 3.14. The SMILES string of the molecule is Cc1ccc(Nc2c3ccc(Cl)cc3nc3c2cc2c4c(cccc43)CC2)cc1. The van der Waals surface area contributed by atoms with Gasteiger partial charge in [-0.1, -0.05) is 47.5 Å². The highest BCUT2D eigenvalue weighted by atomic mass is 35.5. The molecule has 5 aromatic rings. The first-order chi connectivity index (χ1) is 14.2. The molecular weight excluding hydrogens is 376 g/mol. The van der Waals surface area contributed by atoms with Crippen molar-refractivity contribution in [2.75, 3.05) is 5.32 Å². The highest BCUT2D eigenvalue weighted by Crippen LogP contribution is 2.41. The van der Waals surface area contributed by atoms with Crippen LogP contribution >= 0.6 is 11.6 Å². The van der Waals surface area contributed by atoms with Crippen LogP contribution in [0.15, 0.2) is 66.7 Å². The Morgan fingerprint density at radius 3 is 2.52 bits per heavy atom. The molecule has 1 heterocycles. The van der Waals surface area contributed by atoms with Gasteiger partial charge in [-0.05, 0) is 72.7 Å². The van der Waals surface area contributed by atoms with Crippen LogP contribution in [0.25, 0.3) is 32.6 Å². The Morgan fingerprint density at radius 1 is 0.828 bits per heavy atom. The fraction of sp³-hybridized carbons (Fsp3) is 0.115. The topological polar surface area (TPSA) is 24.9 Å². The van der Waals surface area contributed by atoms with Crippen LogP contribution in [0, 0.1) is 6.92 Å². The highest BCUT2D eigenvalue weighted by Gasteiger charge is 2.20. The summed E-state index contributed by atoms with van der Waals surface area (Å²) in [6.45, 7) is 2.11. The predicted molar refractivity (Wildman–Crippen MR) is 124 cm³/mol. The molecule has 3 heteroatoms. The van der Waals surface area contributed by atoms with Gasteiger partial charge in [-0.2, -0.15) is 0 Å². The van der Waals surface area contributed by atoms with Gasteiger partial charge in [0.2, 0.25) is 0 Å². The minimum atomic E-state index is 0.705. The molecule has 0 bridgehead atoms. The van der Waals surface area contributed by atoms with E-state index >= 15 is 0 Å². The number of halogens is 1. The van der Waals surface area contributed by atoms with Crippen LogP contribution in [0.1, 0.15) is 16.7 Å². The molecule has 140 valence electrons. The highest BCUT2D eigenvalue weighted by molar-refractivity contribution is 6.31. The molecule has 0 radical (unpaired) electrons. The minimum Gasteiger partial charge on any atom is -0.354 e. The second-order valence-electron chi connectivity index (χ2n) is 7.91. The van der Waals surface area contributed by atoms with E-state index in [1.165, 1.54) is 32.8 Å².